The normalized spacial score (nSPS) is 15.0. The van der Waals surface area contributed by atoms with Gasteiger partial charge >= 0.3 is 0 Å². The second kappa shape index (κ2) is 8.47. The molecule has 7 nitrogen and oxygen atoms in total. The zero-order chi connectivity index (χ0) is 16.6. The van der Waals surface area contributed by atoms with Crippen molar-refractivity contribution in [1.82, 2.24) is 14.9 Å². The van der Waals surface area contributed by atoms with Gasteiger partial charge in [-0.05, 0) is 12.1 Å². The zero-order valence-corrected chi connectivity index (χ0v) is 13.9. The molecule has 0 saturated carbocycles. The zero-order valence-electron chi connectivity index (χ0n) is 13.9. The highest BCUT2D eigenvalue weighted by molar-refractivity contribution is 5.65. The Morgan fingerprint density at radius 2 is 1.96 bits per heavy atom. The molecular formula is C17H23N5O2. The third kappa shape index (κ3) is 4.56. The van der Waals surface area contributed by atoms with E-state index in [2.05, 4.69) is 25.5 Å². The molecule has 1 aliphatic heterocycles. The van der Waals surface area contributed by atoms with Gasteiger partial charge in [0.2, 0.25) is 0 Å². The molecule has 0 amide bonds. The summed E-state index contributed by atoms with van der Waals surface area (Å²) < 4.78 is 10.7. The first-order valence-corrected chi connectivity index (χ1v) is 8.11. The number of para-hydroxylation sites is 2. The van der Waals surface area contributed by atoms with Crippen molar-refractivity contribution in [3.05, 3.63) is 36.7 Å². The summed E-state index contributed by atoms with van der Waals surface area (Å²) in [5.74, 6) is 2.30. The standard InChI is InChI=1S/C17H23N5O2/c1-23-15-5-3-2-4-14(15)21-17-12-16(19-13-20-17)18-6-7-22-8-10-24-11-9-22/h2-5,12-13H,6-11H2,1H3,(H2,18,19,20,21). The Kier molecular flexibility index (Phi) is 5.81. The molecule has 128 valence electrons. The number of benzene rings is 1. The molecule has 0 atom stereocenters. The molecule has 0 aliphatic carbocycles. The van der Waals surface area contributed by atoms with Crippen molar-refractivity contribution in [1.29, 1.82) is 0 Å². The third-order valence-electron chi connectivity index (χ3n) is 3.87. The number of ether oxygens (including phenoxy) is 2. The summed E-state index contributed by atoms with van der Waals surface area (Å²) in [6.07, 6.45) is 1.55. The molecule has 0 radical (unpaired) electrons. The molecule has 0 spiro atoms. The Morgan fingerprint density at radius 1 is 1.17 bits per heavy atom. The van der Waals surface area contributed by atoms with Crippen LogP contribution < -0.4 is 15.4 Å². The second-order valence-corrected chi connectivity index (χ2v) is 5.49. The number of methoxy groups -OCH3 is 1. The van der Waals surface area contributed by atoms with Crippen LogP contribution in [0.5, 0.6) is 5.75 Å². The number of anilines is 3. The summed E-state index contributed by atoms with van der Waals surface area (Å²) in [6, 6.07) is 9.64. The van der Waals surface area contributed by atoms with Crippen LogP contribution in [0.1, 0.15) is 0 Å². The van der Waals surface area contributed by atoms with E-state index in [1.54, 1.807) is 13.4 Å². The summed E-state index contributed by atoms with van der Waals surface area (Å²) in [4.78, 5) is 10.9. The number of nitrogens with one attached hydrogen (secondary N) is 2. The maximum absolute atomic E-state index is 5.35. The fraction of sp³-hybridized carbons (Fsp3) is 0.412. The SMILES string of the molecule is COc1ccccc1Nc1cc(NCCN2CCOCC2)ncn1. The van der Waals surface area contributed by atoms with Gasteiger partial charge in [-0.3, -0.25) is 4.90 Å². The number of hydrogen-bond donors (Lipinski definition) is 2. The fourth-order valence-electron chi connectivity index (χ4n) is 2.58. The van der Waals surface area contributed by atoms with E-state index >= 15 is 0 Å². The van der Waals surface area contributed by atoms with E-state index in [0.29, 0.717) is 0 Å². The van der Waals surface area contributed by atoms with Crippen LogP contribution in [0.2, 0.25) is 0 Å². The predicted octanol–water partition coefficient (Wildman–Crippen LogP) is 1.97. The summed E-state index contributed by atoms with van der Waals surface area (Å²) in [5.41, 5.74) is 0.873. The average Bonchev–Trinajstić information content (AvgIpc) is 2.63. The van der Waals surface area contributed by atoms with Crippen molar-refractivity contribution >= 4 is 17.3 Å². The molecule has 0 bridgehead atoms. The van der Waals surface area contributed by atoms with E-state index in [-0.39, 0.29) is 0 Å². The molecule has 2 aromatic rings. The van der Waals surface area contributed by atoms with E-state index in [1.807, 2.05) is 30.3 Å². The first-order chi connectivity index (χ1) is 11.8. The van der Waals surface area contributed by atoms with Crippen LogP contribution in [0, 0.1) is 0 Å². The molecule has 1 fully saturated rings. The van der Waals surface area contributed by atoms with Crippen LogP contribution in [0.25, 0.3) is 0 Å². The van der Waals surface area contributed by atoms with Gasteiger partial charge in [-0.15, -0.1) is 0 Å². The van der Waals surface area contributed by atoms with Gasteiger partial charge in [-0.25, -0.2) is 9.97 Å². The van der Waals surface area contributed by atoms with Gasteiger partial charge < -0.3 is 20.1 Å². The number of morpholine rings is 1. The van der Waals surface area contributed by atoms with Crippen LogP contribution >= 0.6 is 0 Å². The van der Waals surface area contributed by atoms with Crippen LogP contribution in [-0.4, -0.2) is 61.4 Å². The predicted molar refractivity (Wildman–Crippen MR) is 94.1 cm³/mol. The molecule has 0 unspecified atom stereocenters. The first kappa shape index (κ1) is 16.5. The third-order valence-corrected chi connectivity index (χ3v) is 3.87. The van der Waals surface area contributed by atoms with Gasteiger partial charge in [-0.2, -0.15) is 0 Å². The molecule has 1 aliphatic rings. The van der Waals surface area contributed by atoms with E-state index in [1.165, 1.54) is 0 Å². The minimum absolute atomic E-state index is 0.725. The van der Waals surface area contributed by atoms with Crippen LogP contribution in [-0.2, 0) is 4.74 Å². The van der Waals surface area contributed by atoms with Gasteiger partial charge in [0.05, 0.1) is 26.0 Å². The lowest BCUT2D eigenvalue weighted by Crippen LogP contribution is -2.39. The monoisotopic (exact) mass is 329 g/mol. The van der Waals surface area contributed by atoms with Gasteiger partial charge in [0.1, 0.15) is 23.7 Å². The summed E-state index contributed by atoms with van der Waals surface area (Å²) in [5, 5.41) is 6.60. The highest BCUT2D eigenvalue weighted by atomic mass is 16.5. The summed E-state index contributed by atoms with van der Waals surface area (Å²) >= 11 is 0. The molecule has 1 aromatic heterocycles. The maximum Gasteiger partial charge on any atom is 0.142 e. The van der Waals surface area contributed by atoms with E-state index in [4.69, 9.17) is 9.47 Å². The molecule has 2 N–H and O–H groups in total. The van der Waals surface area contributed by atoms with E-state index < -0.39 is 0 Å². The smallest absolute Gasteiger partial charge is 0.142 e. The van der Waals surface area contributed by atoms with Gasteiger partial charge in [0.15, 0.2) is 0 Å². The minimum Gasteiger partial charge on any atom is -0.495 e. The van der Waals surface area contributed by atoms with Crippen LogP contribution in [0.4, 0.5) is 17.3 Å². The average molecular weight is 329 g/mol. The number of rotatable bonds is 7. The lowest BCUT2D eigenvalue weighted by molar-refractivity contribution is 0.0398. The molecular weight excluding hydrogens is 306 g/mol. The van der Waals surface area contributed by atoms with Gasteiger partial charge in [0.25, 0.3) is 0 Å². The Bertz CT molecular complexity index is 646. The molecule has 1 aromatic carbocycles. The maximum atomic E-state index is 5.35. The molecule has 3 rings (SSSR count). The Hall–Kier alpha value is -2.38. The lowest BCUT2D eigenvalue weighted by atomic mass is 10.3. The molecule has 1 saturated heterocycles. The van der Waals surface area contributed by atoms with Crippen molar-refractivity contribution in [3.8, 4) is 5.75 Å². The molecule has 24 heavy (non-hydrogen) atoms. The van der Waals surface area contributed by atoms with Crippen molar-refractivity contribution in [2.75, 3.05) is 57.1 Å². The Balaban J connectivity index is 1.55. The van der Waals surface area contributed by atoms with Crippen LogP contribution in [0.15, 0.2) is 36.7 Å². The first-order valence-electron chi connectivity index (χ1n) is 8.11. The van der Waals surface area contributed by atoms with E-state index in [0.717, 1.165) is 62.5 Å². The van der Waals surface area contributed by atoms with Crippen molar-refractivity contribution in [2.45, 2.75) is 0 Å². The fourth-order valence-corrected chi connectivity index (χ4v) is 2.58. The number of hydrogen-bond acceptors (Lipinski definition) is 7. The summed E-state index contributed by atoms with van der Waals surface area (Å²) in [6.45, 7) is 5.44. The quantitative estimate of drug-likeness (QED) is 0.804. The molecule has 2 heterocycles. The van der Waals surface area contributed by atoms with Crippen molar-refractivity contribution in [2.24, 2.45) is 0 Å². The van der Waals surface area contributed by atoms with Gasteiger partial charge in [-0.1, -0.05) is 12.1 Å². The summed E-state index contributed by atoms with van der Waals surface area (Å²) in [7, 11) is 1.65. The Morgan fingerprint density at radius 3 is 2.79 bits per heavy atom. The highest BCUT2D eigenvalue weighted by Crippen LogP contribution is 2.26. The topological polar surface area (TPSA) is 71.5 Å². The lowest BCUT2D eigenvalue weighted by Gasteiger charge is -2.26. The highest BCUT2D eigenvalue weighted by Gasteiger charge is 2.09. The molecule has 7 heteroatoms. The second-order valence-electron chi connectivity index (χ2n) is 5.49. The largest absolute Gasteiger partial charge is 0.495 e. The minimum atomic E-state index is 0.725. The van der Waals surface area contributed by atoms with Crippen molar-refractivity contribution in [3.63, 3.8) is 0 Å². The van der Waals surface area contributed by atoms with Crippen LogP contribution in [0.3, 0.4) is 0 Å². The number of nitrogens with zero attached hydrogens (tertiary/aromatic N) is 3. The number of aromatic nitrogens is 2. The Labute approximate surface area is 142 Å². The van der Waals surface area contributed by atoms with E-state index in [9.17, 15) is 0 Å². The van der Waals surface area contributed by atoms with Crippen molar-refractivity contribution < 1.29 is 9.47 Å². The van der Waals surface area contributed by atoms with Gasteiger partial charge in [0, 0.05) is 32.2 Å².